The van der Waals surface area contributed by atoms with E-state index < -0.39 is 18.0 Å². The van der Waals surface area contributed by atoms with Crippen LogP contribution in [0.5, 0.6) is 0 Å². The first kappa shape index (κ1) is 16.3. The lowest BCUT2D eigenvalue weighted by molar-refractivity contribution is -0.123. The van der Waals surface area contributed by atoms with E-state index in [4.69, 9.17) is 32.5 Å². The van der Waals surface area contributed by atoms with Crippen LogP contribution in [-0.2, 0) is 9.53 Å². The quantitative estimate of drug-likeness (QED) is 0.860. The molecule has 8 heteroatoms. The molecular formula is C14H12Cl2N2O4. The third-order valence-corrected chi connectivity index (χ3v) is 3.23. The summed E-state index contributed by atoms with van der Waals surface area (Å²) in [4.78, 5) is 23.9. The smallest absolute Gasteiger partial charge is 0.340 e. The number of anilines is 1. The molecule has 0 aliphatic rings. The Hall–Kier alpha value is -2.05. The van der Waals surface area contributed by atoms with Crippen molar-refractivity contribution in [2.45, 2.75) is 20.0 Å². The maximum atomic E-state index is 12.0. The summed E-state index contributed by atoms with van der Waals surface area (Å²) in [5, 5.41) is 6.63. The van der Waals surface area contributed by atoms with Crippen LogP contribution in [0.25, 0.3) is 0 Å². The van der Waals surface area contributed by atoms with E-state index in [9.17, 15) is 9.59 Å². The van der Waals surface area contributed by atoms with Gasteiger partial charge in [0.05, 0.1) is 10.6 Å². The minimum Gasteiger partial charge on any atom is -0.449 e. The molecule has 1 atom stereocenters. The summed E-state index contributed by atoms with van der Waals surface area (Å²) in [7, 11) is 0. The number of aryl methyl sites for hydroxylation is 1. The number of halogens is 2. The first-order valence-electron chi connectivity index (χ1n) is 6.27. The van der Waals surface area contributed by atoms with Gasteiger partial charge in [0.25, 0.3) is 5.91 Å². The van der Waals surface area contributed by atoms with Crippen LogP contribution < -0.4 is 5.32 Å². The number of rotatable bonds is 4. The van der Waals surface area contributed by atoms with Gasteiger partial charge in [0, 0.05) is 11.1 Å². The fraction of sp³-hybridized carbons (Fsp3) is 0.214. The van der Waals surface area contributed by atoms with Crippen LogP contribution in [0.15, 0.2) is 28.8 Å². The van der Waals surface area contributed by atoms with Crippen LogP contribution in [0.4, 0.5) is 5.82 Å². The van der Waals surface area contributed by atoms with Gasteiger partial charge in [-0.2, -0.15) is 0 Å². The van der Waals surface area contributed by atoms with Gasteiger partial charge in [-0.05, 0) is 32.0 Å². The second-order valence-corrected chi connectivity index (χ2v) is 5.33. The topological polar surface area (TPSA) is 81.4 Å². The predicted molar refractivity (Wildman–Crippen MR) is 81.2 cm³/mol. The summed E-state index contributed by atoms with van der Waals surface area (Å²) >= 11 is 11.7. The number of amides is 1. The number of ether oxygens (including phenoxy) is 1. The molecule has 0 saturated heterocycles. The zero-order chi connectivity index (χ0) is 16.3. The Balaban J connectivity index is 1.99. The number of esters is 1. The number of hydrogen-bond donors (Lipinski definition) is 1. The lowest BCUT2D eigenvalue weighted by atomic mass is 10.2. The molecule has 0 fully saturated rings. The molecule has 22 heavy (non-hydrogen) atoms. The third kappa shape index (κ3) is 3.99. The maximum Gasteiger partial charge on any atom is 0.340 e. The molecular weight excluding hydrogens is 331 g/mol. The lowest BCUT2D eigenvalue weighted by Gasteiger charge is -2.13. The van der Waals surface area contributed by atoms with Gasteiger partial charge in [0.15, 0.2) is 11.9 Å². The largest absolute Gasteiger partial charge is 0.449 e. The van der Waals surface area contributed by atoms with Crippen LogP contribution in [0, 0.1) is 6.92 Å². The molecule has 1 amide bonds. The molecule has 0 unspecified atom stereocenters. The zero-order valence-corrected chi connectivity index (χ0v) is 13.2. The van der Waals surface area contributed by atoms with E-state index in [2.05, 4.69) is 10.5 Å². The van der Waals surface area contributed by atoms with Crippen molar-refractivity contribution in [1.29, 1.82) is 0 Å². The van der Waals surface area contributed by atoms with E-state index in [1.807, 2.05) is 0 Å². The van der Waals surface area contributed by atoms with Crippen molar-refractivity contribution in [1.82, 2.24) is 5.16 Å². The SMILES string of the molecule is Cc1cc(NC(=O)[C@H](C)OC(=O)c2ccc(Cl)cc2Cl)no1. The van der Waals surface area contributed by atoms with Crippen molar-refractivity contribution in [2.75, 3.05) is 5.32 Å². The molecule has 0 aliphatic carbocycles. The number of benzene rings is 1. The van der Waals surface area contributed by atoms with Crippen molar-refractivity contribution in [3.63, 3.8) is 0 Å². The van der Waals surface area contributed by atoms with Gasteiger partial charge in [-0.25, -0.2) is 4.79 Å². The number of carbonyl (C=O) groups excluding carboxylic acids is 2. The minimum atomic E-state index is -1.03. The first-order chi connectivity index (χ1) is 10.4. The molecule has 1 aromatic heterocycles. The average Bonchev–Trinajstić information content (AvgIpc) is 2.83. The van der Waals surface area contributed by atoms with E-state index in [1.54, 1.807) is 13.0 Å². The molecule has 0 bridgehead atoms. The molecule has 2 aromatic rings. The van der Waals surface area contributed by atoms with E-state index in [-0.39, 0.29) is 16.4 Å². The maximum absolute atomic E-state index is 12.0. The van der Waals surface area contributed by atoms with Crippen LogP contribution in [-0.4, -0.2) is 23.1 Å². The Kier molecular flexibility index (Phi) is 5.05. The highest BCUT2D eigenvalue weighted by molar-refractivity contribution is 6.36. The highest BCUT2D eigenvalue weighted by Crippen LogP contribution is 2.22. The summed E-state index contributed by atoms with van der Waals surface area (Å²) in [6, 6.07) is 5.90. The molecule has 0 aliphatic heterocycles. The van der Waals surface area contributed by atoms with Gasteiger partial charge in [-0.15, -0.1) is 0 Å². The van der Waals surface area contributed by atoms with Gasteiger partial charge in [0.1, 0.15) is 5.76 Å². The van der Waals surface area contributed by atoms with Crippen molar-refractivity contribution >= 4 is 40.9 Å². The molecule has 1 heterocycles. The number of nitrogens with zero attached hydrogens (tertiary/aromatic N) is 1. The molecule has 1 N–H and O–H groups in total. The average molecular weight is 343 g/mol. The normalized spacial score (nSPS) is 11.8. The summed E-state index contributed by atoms with van der Waals surface area (Å²) in [5.74, 6) is -0.463. The van der Waals surface area contributed by atoms with E-state index in [0.717, 1.165) is 0 Å². The first-order valence-corrected chi connectivity index (χ1v) is 7.02. The monoisotopic (exact) mass is 342 g/mol. The Bertz CT molecular complexity index is 715. The van der Waals surface area contributed by atoms with E-state index >= 15 is 0 Å². The van der Waals surface area contributed by atoms with Crippen LogP contribution in [0.1, 0.15) is 23.0 Å². The number of nitrogens with one attached hydrogen (secondary N) is 1. The summed E-state index contributed by atoms with van der Waals surface area (Å²) in [6.07, 6.45) is -1.03. The molecule has 0 spiro atoms. The summed E-state index contributed by atoms with van der Waals surface area (Å²) in [5.41, 5.74) is 0.128. The third-order valence-electron chi connectivity index (χ3n) is 2.68. The summed E-state index contributed by atoms with van der Waals surface area (Å²) < 4.78 is 9.88. The van der Waals surface area contributed by atoms with Crippen LogP contribution in [0.3, 0.4) is 0 Å². The highest BCUT2D eigenvalue weighted by Gasteiger charge is 2.21. The number of hydrogen-bond acceptors (Lipinski definition) is 5. The predicted octanol–water partition coefficient (Wildman–Crippen LogP) is 3.47. The van der Waals surface area contributed by atoms with Crippen molar-refractivity contribution in [2.24, 2.45) is 0 Å². The molecule has 6 nitrogen and oxygen atoms in total. The fourth-order valence-corrected chi connectivity index (χ4v) is 2.07. The summed E-state index contributed by atoms with van der Waals surface area (Å²) in [6.45, 7) is 3.12. The van der Waals surface area contributed by atoms with Gasteiger partial charge in [-0.3, -0.25) is 4.79 Å². The molecule has 0 radical (unpaired) electrons. The Labute approximate surface area is 136 Å². The number of carbonyl (C=O) groups is 2. The van der Waals surface area contributed by atoms with Gasteiger partial charge in [-0.1, -0.05) is 28.4 Å². The highest BCUT2D eigenvalue weighted by atomic mass is 35.5. The van der Waals surface area contributed by atoms with Gasteiger partial charge in [0.2, 0.25) is 0 Å². The number of aromatic nitrogens is 1. The zero-order valence-electron chi connectivity index (χ0n) is 11.7. The molecule has 1 aromatic carbocycles. The van der Waals surface area contributed by atoms with Gasteiger partial charge >= 0.3 is 5.97 Å². The van der Waals surface area contributed by atoms with Crippen LogP contribution in [0.2, 0.25) is 10.0 Å². The fourth-order valence-electron chi connectivity index (χ4n) is 1.59. The molecule has 0 saturated carbocycles. The molecule has 116 valence electrons. The van der Waals surface area contributed by atoms with Gasteiger partial charge < -0.3 is 14.6 Å². The minimum absolute atomic E-state index is 0.128. The van der Waals surface area contributed by atoms with Crippen molar-refractivity contribution < 1.29 is 18.8 Å². The lowest BCUT2D eigenvalue weighted by Crippen LogP contribution is -2.30. The Morgan fingerprint density at radius 1 is 1.32 bits per heavy atom. The second kappa shape index (κ2) is 6.81. The Morgan fingerprint density at radius 3 is 2.64 bits per heavy atom. The second-order valence-electron chi connectivity index (χ2n) is 4.48. The Morgan fingerprint density at radius 2 is 2.05 bits per heavy atom. The standard InChI is InChI=1S/C14H12Cl2N2O4/c1-7-5-12(18-22-7)17-13(19)8(2)21-14(20)10-4-3-9(15)6-11(10)16/h3-6,8H,1-2H3,(H,17,18,19)/t8-/m0/s1. The van der Waals surface area contributed by atoms with Crippen molar-refractivity contribution in [3.8, 4) is 0 Å². The molecule has 2 rings (SSSR count). The van der Waals surface area contributed by atoms with Crippen LogP contribution >= 0.6 is 23.2 Å². The van der Waals surface area contributed by atoms with Crippen molar-refractivity contribution in [3.05, 3.63) is 45.6 Å². The van der Waals surface area contributed by atoms with E-state index in [1.165, 1.54) is 25.1 Å². The van der Waals surface area contributed by atoms with E-state index in [0.29, 0.717) is 10.8 Å².